The third kappa shape index (κ3) is 5.98. The van der Waals surface area contributed by atoms with E-state index in [2.05, 4.69) is 25.2 Å². The molecule has 0 saturated carbocycles. The average Bonchev–Trinajstić information content (AvgIpc) is 3.25. The minimum absolute atomic E-state index is 0.0118. The molecule has 1 aliphatic rings. The molecule has 2 aromatic carbocycles. The molecule has 0 bridgehead atoms. The van der Waals surface area contributed by atoms with E-state index in [0.29, 0.717) is 36.8 Å². The number of hydrogen-bond acceptors (Lipinski definition) is 5. The number of unbranched alkanes of at least 4 members (excludes halogenated alkanes) is 1. The first-order valence-electron chi connectivity index (χ1n) is 13.3. The lowest BCUT2D eigenvalue weighted by Crippen LogP contribution is -2.52. The summed E-state index contributed by atoms with van der Waals surface area (Å²) in [5.41, 5.74) is 2.75. The predicted octanol–water partition coefficient (Wildman–Crippen LogP) is 5.12. The Morgan fingerprint density at radius 1 is 1.19 bits per heavy atom. The van der Waals surface area contributed by atoms with Crippen molar-refractivity contribution in [3.8, 4) is 11.8 Å². The van der Waals surface area contributed by atoms with Crippen molar-refractivity contribution in [3.05, 3.63) is 65.4 Å². The smallest absolute Gasteiger partial charge is 0.272 e. The van der Waals surface area contributed by atoms with E-state index in [0.717, 1.165) is 55.2 Å². The topological polar surface area (TPSA) is 79.5 Å². The zero-order chi connectivity index (χ0) is 26.2. The fourth-order valence-electron chi connectivity index (χ4n) is 5.32. The summed E-state index contributed by atoms with van der Waals surface area (Å²) in [5.74, 6) is 0.594. The lowest BCUT2D eigenvalue weighted by Gasteiger charge is -2.38. The zero-order valence-corrected chi connectivity index (χ0v) is 22.2. The van der Waals surface area contributed by atoms with Crippen LogP contribution in [0.4, 0.5) is 0 Å². The minimum Gasteiger partial charge on any atom is -0.487 e. The van der Waals surface area contributed by atoms with Gasteiger partial charge in [-0.25, -0.2) is 0 Å². The molecule has 1 fully saturated rings. The predicted molar refractivity (Wildman–Crippen MR) is 146 cm³/mol. The molecular weight excluding hydrogens is 464 g/mol. The number of rotatable bonds is 11. The molecule has 7 heteroatoms. The highest BCUT2D eigenvalue weighted by Crippen LogP contribution is 2.35. The lowest BCUT2D eigenvalue weighted by atomic mass is 10.0. The minimum atomic E-state index is -0.0859. The van der Waals surface area contributed by atoms with E-state index < -0.39 is 0 Å². The molecule has 0 unspecified atom stereocenters. The largest absolute Gasteiger partial charge is 0.487 e. The van der Waals surface area contributed by atoms with Crippen LogP contribution in [0.2, 0.25) is 0 Å². The molecule has 196 valence electrons. The summed E-state index contributed by atoms with van der Waals surface area (Å²) in [6.45, 7) is 7.51. The van der Waals surface area contributed by atoms with Gasteiger partial charge in [-0.2, -0.15) is 5.26 Å². The van der Waals surface area contributed by atoms with Crippen LogP contribution in [0.5, 0.6) is 5.75 Å². The number of ether oxygens (including phenoxy) is 2. The first kappa shape index (κ1) is 26.7. The van der Waals surface area contributed by atoms with Gasteiger partial charge in [-0.15, -0.1) is 0 Å². The molecule has 7 nitrogen and oxygen atoms in total. The third-order valence-electron chi connectivity index (χ3n) is 7.03. The maximum Gasteiger partial charge on any atom is 0.272 e. The number of carbonyl (C=O) groups is 1. The molecule has 0 radical (unpaired) electrons. The molecule has 1 amide bonds. The first-order valence-corrected chi connectivity index (χ1v) is 13.3. The van der Waals surface area contributed by atoms with Crippen LogP contribution in [-0.4, -0.2) is 54.3 Å². The number of piperidine rings is 1. The number of hydrogen-bond donors (Lipinski definition) is 1. The van der Waals surface area contributed by atoms with Gasteiger partial charge in [0.05, 0.1) is 11.1 Å². The van der Waals surface area contributed by atoms with Gasteiger partial charge in [0, 0.05) is 44.3 Å². The number of methoxy groups -OCH3 is 1. The Bertz CT molecular complexity index is 1220. The number of aryl methyl sites for hydroxylation is 1. The molecule has 0 aliphatic carbocycles. The van der Waals surface area contributed by atoms with E-state index in [4.69, 9.17) is 9.47 Å². The van der Waals surface area contributed by atoms with Crippen LogP contribution >= 0.6 is 0 Å². The van der Waals surface area contributed by atoms with Gasteiger partial charge in [0.2, 0.25) is 0 Å². The zero-order valence-electron chi connectivity index (χ0n) is 22.2. The number of carbonyl (C=O) groups excluding carboxylic acids is 1. The van der Waals surface area contributed by atoms with Gasteiger partial charge in [0.25, 0.3) is 5.91 Å². The van der Waals surface area contributed by atoms with Crippen LogP contribution in [0, 0.1) is 11.3 Å². The van der Waals surface area contributed by atoms with Crippen molar-refractivity contribution in [2.45, 2.75) is 64.8 Å². The Morgan fingerprint density at radius 3 is 2.68 bits per heavy atom. The number of amides is 1. The van der Waals surface area contributed by atoms with Crippen molar-refractivity contribution >= 4 is 16.8 Å². The van der Waals surface area contributed by atoms with E-state index in [9.17, 15) is 10.1 Å². The van der Waals surface area contributed by atoms with Gasteiger partial charge in [-0.1, -0.05) is 42.5 Å². The number of para-hydroxylation sites is 1. The molecule has 1 atom stereocenters. The fourth-order valence-corrected chi connectivity index (χ4v) is 5.32. The summed E-state index contributed by atoms with van der Waals surface area (Å²) in [6, 6.07) is 18.3. The summed E-state index contributed by atoms with van der Waals surface area (Å²) < 4.78 is 13.6. The molecule has 1 aliphatic heterocycles. The number of benzene rings is 2. The van der Waals surface area contributed by atoms with Crippen LogP contribution in [0.3, 0.4) is 0 Å². The molecule has 2 heterocycles. The summed E-state index contributed by atoms with van der Waals surface area (Å²) in [4.78, 5) is 16.3. The number of fused-ring (bicyclic) bond motifs is 1. The van der Waals surface area contributed by atoms with Gasteiger partial charge < -0.3 is 24.3 Å². The van der Waals surface area contributed by atoms with Gasteiger partial charge in [-0.3, -0.25) is 4.79 Å². The van der Waals surface area contributed by atoms with E-state index in [-0.39, 0.29) is 18.0 Å². The average molecular weight is 503 g/mol. The van der Waals surface area contributed by atoms with Crippen LogP contribution in [-0.2, 0) is 17.9 Å². The van der Waals surface area contributed by atoms with Crippen molar-refractivity contribution in [1.29, 1.82) is 5.26 Å². The summed E-state index contributed by atoms with van der Waals surface area (Å²) in [6.07, 6.45) is 3.67. The lowest BCUT2D eigenvalue weighted by molar-refractivity contribution is 0.0562. The third-order valence-corrected chi connectivity index (χ3v) is 7.03. The second kappa shape index (κ2) is 12.8. The second-order valence-electron chi connectivity index (χ2n) is 9.92. The van der Waals surface area contributed by atoms with Crippen molar-refractivity contribution in [2.24, 2.45) is 0 Å². The number of nitriles is 1. The van der Waals surface area contributed by atoms with Crippen molar-refractivity contribution < 1.29 is 14.3 Å². The van der Waals surface area contributed by atoms with Crippen molar-refractivity contribution in [2.75, 3.05) is 26.8 Å². The highest BCUT2D eigenvalue weighted by Gasteiger charge is 2.33. The van der Waals surface area contributed by atoms with Crippen LogP contribution in [0.25, 0.3) is 10.9 Å². The number of nitrogens with one attached hydrogen (secondary N) is 1. The maximum absolute atomic E-state index is 14.3. The van der Waals surface area contributed by atoms with E-state index in [1.54, 1.807) is 7.11 Å². The molecular formula is C30H38N4O3. The standard InChI is InChI=1S/C30H38N4O3/c1-22(2)34(24-13-10-16-32-20-24)30(35)29-26(19-31)25-14-9-15-27(37-21-23-11-5-4-6-12-23)28(25)33(29)17-7-8-18-36-3/h4-6,9,11-12,14-15,22,24,32H,7-8,10,13,16-18,20-21H2,1-3H3/t24-/m1/s1. The summed E-state index contributed by atoms with van der Waals surface area (Å²) in [5, 5.41) is 14.5. The summed E-state index contributed by atoms with van der Waals surface area (Å²) >= 11 is 0. The molecule has 1 N–H and O–H groups in total. The normalized spacial score (nSPS) is 15.6. The SMILES string of the molecule is COCCCCn1c(C(=O)N(C(C)C)[C@@H]2CCCNC2)c(C#N)c2cccc(OCc3ccccc3)c21. The Balaban J connectivity index is 1.80. The number of aromatic nitrogens is 1. The molecule has 1 aromatic heterocycles. The van der Waals surface area contributed by atoms with Gasteiger partial charge >= 0.3 is 0 Å². The quantitative estimate of drug-likeness (QED) is 0.368. The first-order chi connectivity index (χ1) is 18.1. The van der Waals surface area contributed by atoms with Crippen LogP contribution in [0.15, 0.2) is 48.5 Å². The maximum atomic E-state index is 14.3. The second-order valence-corrected chi connectivity index (χ2v) is 9.92. The number of nitrogens with zero attached hydrogens (tertiary/aromatic N) is 3. The highest BCUT2D eigenvalue weighted by molar-refractivity contribution is 6.05. The Morgan fingerprint density at radius 2 is 2.00 bits per heavy atom. The van der Waals surface area contributed by atoms with Gasteiger partial charge in [0.15, 0.2) is 0 Å². The Kier molecular flexibility index (Phi) is 9.21. The molecule has 3 aromatic rings. The molecule has 4 rings (SSSR count). The highest BCUT2D eigenvalue weighted by atomic mass is 16.5. The van der Waals surface area contributed by atoms with E-state index in [1.165, 1.54) is 0 Å². The van der Waals surface area contributed by atoms with E-state index in [1.807, 2.05) is 58.0 Å². The Labute approximate surface area is 220 Å². The van der Waals surface area contributed by atoms with Crippen LogP contribution in [0.1, 0.15) is 61.1 Å². The summed E-state index contributed by atoms with van der Waals surface area (Å²) in [7, 11) is 1.70. The van der Waals surface area contributed by atoms with Gasteiger partial charge in [0.1, 0.15) is 24.1 Å². The molecule has 0 spiro atoms. The van der Waals surface area contributed by atoms with Crippen molar-refractivity contribution in [3.63, 3.8) is 0 Å². The fraction of sp³-hybridized carbons (Fsp3) is 0.467. The van der Waals surface area contributed by atoms with Crippen LogP contribution < -0.4 is 10.1 Å². The Hall–Kier alpha value is -3.34. The molecule has 37 heavy (non-hydrogen) atoms. The van der Waals surface area contributed by atoms with Gasteiger partial charge in [-0.05, 0) is 57.7 Å². The molecule has 1 saturated heterocycles. The van der Waals surface area contributed by atoms with Crippen molar-refractivity contribution in [1.82, 2.24) is 14.8 Å². The monoisotopic (exact) mass is 502 g/mol. The van der Waals surface area contributed by atoms with E-state index >= 15 is 0 Å².